The Balaban J connectivity index is 2.87. The van der Waals surface area contributed by atoms with Crippen molar-refractivity contribution >= 4 is 14.5 Å². The zero-order valence-electron chi connectivity index (χ0n) is 15.2. The Morgan fingerprint density at radius 1 is 1.05 bits per heavy atom. The molecule has 0 aliphatic heterocycles. The first kappa shape index (κ1) is 19.7. The molecule has 22 heavy (non-hydrogen) atoms. The third kappa shape index (κ3) is 5.07. The van der Waals surface area contributed by atoms with Crippen LogP contribution >= 0.6 is 0 Å². The van der Waals surface area contributed by atoms with E-state index in [1.165, 1.54) is 19.3 Å². The Kier molecular flexibility index (Phi) is 8.07. The first-order valence-corrected chi connectivity index (χ1v) is 10.8. The van der Waals surface area contributed by atoms with E-state index >= 15 is 0 Å². The minimum absolute atomic E-state index is 0.284. The molecule has 5 heteroatoms. The molecule has 1 rings (SSSR count). The smallest absolute Gasteiger partial charge is 0.344 e. The normalized spacial score (nSPS) is 18.7. The number of carbonyl (C=O) groups excluding carboxylic acids is 1. The second-order valence-corrected chi connectivity index (χ2v) is 11.1. The van der Waals surface area contributed by atoms with Crippen LogP contribution in [0.25, 0.3) is 0 Å². The van der Waals surface area contributed by atoms with Crippen molar-refractivity contribution in [2.24, 2.45) is 0 Å². The van der Waals surface area contributed by atoms with Gasteiger partial charge in [0, 0.05) is 6.10 Å². The molecular weight excluding hydrogens is 296 g/mol. The number of rotatable bonds is 8. The summed E-state index contributed by atoms with van der Waals surface area (Å²) in [7, 11) is -2.49. The van der Waals surface area contributed by atoms with Crippen molar-refractivity contribution in [3.8, 4) is 0 Å². The summed E-state index contributed by atoms with van der Waals surface area (Å²) < 4.78 is 18.0. The maximum Gasteiger partial charge on any atom is 0.344 e. The molecule has 1 aliphatic rings. The molecule has 0 amide bonds. The lowest BCUT2D eigenvalue weighted by molar-refractivity contribution is -0.152. The molecule has 1 fully saturated rings. The summed E-state index contributed by atoms with van der Waals surface area (Å²) in [6, 6.07) is 0. The topological polar surface area (TPSA) is 44.8 Å². The minimum atomic E-state index is -2.49. The Labute approximate surface area is 137 Å². The minimum Gasteiger partial charge on any atom is -0.464 e. The van der Waals surface area contributed by atoms with E-state index in [1.54, 1.807) is 6.92 Å². The van der Waals surface area contributed by atoms with Gasteiger partial charge in [-0.1, -0.05) is 47.0 Å². The number of carbonyl (C=O) groups is 1. The molecule has 0 unspecified atom stereocenters. The van der Waals surface area contributed by atoms with Gasteiger partial charge in [-0.3, -0.25) is 0 Å². The second-order valence-electron chi connectivity index (χ2n) is 6.92. The van der Waals surface area contributed by atoms with Crippen LogP contribution in [0.4, 0.5) is 0 Å². The number of ether oxygens (including phenoxy) is 1. The van der Waals surface area contributed by atoms with E-state index in [-0.39, 0.29) is 5.97 Å². The van der Waals surface area contributed by atoms with Crippen LogP contribution in [0.15, 0.2) is 0 Å². The van der Waals surface area contributed by atoms with Crippen LogP contribution in [0, 0.1) is 0 Å². The average Bonchev–Trinajstić information content (AvgIpc) is 2.47. The maximum absolute atomic E-state index is 12.0. The molecule has 0 bridgehead atoms. The fraction of sp³-hybridized carbons (Fsp3) is 0.941. The predicted molar refractivity (Wildman–Crippen MR) is 91.1 cm³/mol. The van der Waals surface area contributed by atoms with E-state index in [0.29, 0.717) is 23.8 Å². The molecule has 1 saturated carbocycles. The van der Waals surface area contributed by atoms with Gasteiger partial charge in [-0.2, -0.15) is 0 Å². The van der Waals surface area contributed by atoms with Crippen LogP contribution in [-0.2, 0) is 18.4 Å². The molecule has 0 radical (unpaired) electrons. The van der Waals surface area contributed by atoms with Crippen molar-refractivity contribution in [3.05, 3.63) is 0 Å². The van der Waals surface area contributed by atoms with Crippen LogP contribution in [-0.4, -0.2) is 33.3 Å². The monoisotopic (exact) mass is 330 g/mol. The highest BCUT2D eigenvalue weighted by molar-refractivity contribution is 6.70. The van der Waals surface area contributed by atoms with Crippen molar-refractivity contribution < 1.29 is 18.4 Å². The number of hydrogen-bond acceptors (Lipinski definition) is 4. The lowest BCUT2D eigenvalue weighted by Gasteiger charge is -2.42. The first-order chi connectivity index (χ1) is 10.3. The standard InChI is InChI=1S/C17H34O4Si/c1-7-19-17(18)15(6)20-22(13(2)3,14(4)5)21-16-11-9-8-10-12-16/h13-16H,7-12H2,1-6H3/t15-/m0/s1. The van der Waals surface area contributed by atoms with Gasteiger partial charge in [-0.25, -0.2) is 4.79 Å². The fourth-order valence-electron chi connectivity index (χ4n) is 3.27. The molecule has 0 aromatic heterocycles. The third-order valence-electron chi connectivity index (χ3n) is 4.49. The predicted octanol–water partition coefficient (Wildman–Crippen LogP) is 4.57. The molecule has 0 heterocycles. The maximum atomic E-state index is 12.0. The molecule has 0 aromatic carbocycles. The lowest BCUT2D eigenvalue weighted by Crippen LogP contribution is -2.53. The summed E-state index contributed by atoms with van der Waals surface area (Å²) >= 11 is 0. The molecule has 0 saturated heterocycles. The van der Waals surface area contributed by atoms with E-state index in [2.05, 4.69) is 27.7 Å². The van der Waals surface area contributed by atoms with Gasteiger partial charge in [0.25, 0.3) is 0 Å². The lowest BCUT2D eigenvalue weighted by atomic mass is 9.98. The highest BCUT2D eigenvalue weighted by Crippen LogP contribution is 2.38. The van der Waals surface area contributed by atoms with Gasteiger partial charge in [-0.15, -0.1) is 0 Å². The van der Waals surface area contributed by atoms with Gasteiger partial charge in [-0.05, 0) is 37.8 Å². The van der Waals surface area contributed by atoms with Crippen molar-refractivity contribution in [2.45, 2.75) is 96.9 Å². The van der Waals surface area contributed by atoms with E-state index in [0.717, 1.165) is 12.8 Å². The van der Waals surface area contributed by atoms with Crippen LogP contribution in [0.1, 0.15) is 73.6 Å². The summed E-state index contributed by atoms with van der Waals surface area (Å²) in [6.45, 7) is 12.6. The third-order valence-corrected chi connectivity index (χ3v) is 9.13. The van der Waals surface area contributed by atoms with Gasteiger partial charge in [0.1, 0.15) is 6.10 Å². The first-order valence-electron chi connectivity index (χ1n) is 8.85. The van der Waals surface area contributed by atoms with E-state index in [4.69, 9.17) is 13.6 Å². The molecule has 4 nitrogen and oxygen atoms in total. The van der Waals surface area contributed by atoms with Crippen molar-refractivity contribution in [2.75, 3.05) is 6.61 Å². The number of hydrogen-bond donors (Lipinski definition) is 0. The average molecular weight is 331 g/mol. The summed E-state index contributed by atoms with van der Waals surface area (Å²) in [5.41, 5.74) is 0.595. The fourth-order valence-corrected chi connectivity index (χ4v) is 7.15. The Morgan fingerprint density at radius 3 is 2.05 bits per heavy atom. The van der Waals surface area contributed by atoms with Crippen LogP contribution in [0.5, 0.6) is 0 Å². The van der Waals surface area contributed by atoms with Crippen LogP contribution in [0.2, 0.25) is 11.1 Å². The number of esters is 1. The zero-order chi connectivity index (χ0) is 16.8. The molecule has 0 N–H and O–H groups in total. The van der Waals surface area contributed by atoms with Gasteiger partial charge in [0.15, 0.2) is 0 Å². The van der Waals surface area contributed by atoms with E-state index < -0.39 is 14.7 Å². The van der Waals surface area contributed by atoms with Crippen LogP contribution in [0.3, 0.4) is 0 Å². The van der Waals surface area contributed by atoms with Crippen molar-refractivity contribution in [1.29, 1.82) is 0 Å². The Morgan fingerprint density at radius 2 is 1.59 bits per heavy atom. The summed E-state index contributed by atoms with van der Waals surface area (Å²) in [6.07, 6.45) is 5.74. The summed E-state index contributed by atoms with van der Waals surface area (Å²) in [4.78, 5) is 12.0. The van der Waals surface area contributed by atoms with E-state index in [1.807, 2.05) is 6.92 Å². The van der Waals surface area contributed by atoms with Crippen molar-refractivity contribution in [1.82, 2.24) is 0 Å². The molecule has 0 spiro atoms. The van der Waals surface area contributed by atoms with Gasteiger partial charge >= 0.3 is 14.5 Å². The highest BCUT2D eigenvalue weighted by atomic mass is 28.4. The highest BCUT2D eigenvalue weighted by Gasteiger charge is 2.48. The second kappa shape index (κ2) is 9.04. The zero-order valence-corrected chi connectivity index (χ0v) is 16.2. The van der Waals surface area contributed by atoms with E-state index in [9.17, 15) is 4.79 Å². The van der Waals surface area contributed by atoms with Crippen LogP contribution < -0.4 is 0 Å². The molecular formula is C17H34O4Si. The van der Waals surface area contributed by atoms with Crippen molar-refractivity contribution in [3.63, 3.8) is 0 Å². The van der Waals surface area contributed by atoms with Gasteiger partial charge in [0.05, 0.1) is 6.61 Å². The Hall–Kier alpha value is -0.393. The quantitative estimate of drug-likeness (QED) is 0.483. The Bertz CT molecular complexity index is 330. The molecule has 1 atom stereocenters. The SMILES string of the molecule is CCOC(=O)[C@H](C)O[Si](OC1CCCCC1)(C(C)C)C(C)C. The largest absolute Gasteiger partial charge is 0.464 e. The molecule has 0 aromatic rings. The summed E-state index contributed by atoms with van der Waals surface area (Å²) in [5, 5.41) is 0. The molecule has 130 valence electrons. The van der Waals surface area contributed by atoms with Gasteiger partial charge in [0.2, 0.25) is 0 Å². The molecule has 1 aliphatic carbocycles. The van der Waals surface area contributed by atoms with Gasteiger partial charge < -0.3 is 13.6 Å². The summed E-state index contributed by atoms with van der Waals surface area (Å²) in [5.74, 6) is -0.284.